The summed E-state index contributed by atoms with van der Waals surface area (Å²) in [4.78, 5) is 51.5. The summed E-state index contributed by atoms with van der Waals surface area (Å²) in [5.41, 5.74) is 5.49. The first-order valence-corrected chi connectivity index (χ1v) is 23.2. The molecule has 0 radical (unpaired) electrons. The number of H-pyrrole nitrogens is 2. The van der Waals surface area contributed by atoms with Gasteiger partial charge in [0.05, 0.1) is 53.1 Å². The number of aryl methyl sites for hydroxylation is 1. The monoisotopic (exact) mass is 942 g/mol. The van der Waals surface area contributed by atoms with Crippen LogP contribution in [0.25, 0.3) is 11.2 Å². The molecule has 0 amide bonds. The van der Waals surface area contributed by atoms with Crippen LogP contribution < -0.4 is 32.0 Å². The fourth-order valence-electron chi connectivity index (χ4n) is 8.72. The number of hydrogen-bond acceptors (Lipinski definition) is 16. The van der Waals surface area contributed by atoms with Gasteiger partial charge in [0.25, 0.3) is 11.1 Å². The van der Waals surface area contributed by atoms with Crippen LogP contribution in [0, 0.1) is 6.92 Å². The molecule has 354 valence electrons. The van der Waals surface area contributed by atoms with Crippen molar-refractivity contribution in [2.45, 2.75) is 62.2 Å². The topological polar surface area (TPSA) is 259 Å². The van der Waals surface area contributed by atoms with Gasteiger partial charge >= 0.3 is 13.4 Å². The SMILES string of the molecule is COc1ccc(C(OC[C@H]2O[C@@H](n3cc(C)c(=O)[nH]c3=O)C[C@@H]2OP(=O)(OC[C@H]2O[C@@H](n3cnc4c(=O)[nH]c(N)nc43)C[C@@H]2O)N2CCOCC2)(c2ccccc2)c2ccc(OC)cc2)cc1. The molecule has 3 fully saturated rings. The minimum absolute atomic E-state index is 0.0197. The summed E-state index contributed by atoms with van der Waals surface area (Å²) < 4.78 is 69.5. The third-order valence-corrected chi connectivity index (χ3v) is 14.3. The number of methoxy groups -OCH3 is 2. The number of aliphatic hydroxyl groups excluding tert-OH is 1. The normalized spacial score (nSPS) is 23.3. The Labute approximate surface area is 382 Å². The van der Waals surface area contributed by atoms with E-state index < -0.39 is 67.0 Å². The summed E-state index contributed by atoms with van der Waals surface area (Å²) in [6.45, 7) is 1.84. The summed E-state index contributed by atoms with van der Waals surface area (Å²) in [7, 11) is -1.16. The van der Waals surface area contributed by atoms with Crippen molar-refractivity contribution in [2.75, 3.05) is 59.5 Å². The van der Waals surface area contributed by atoms with Gasteiger partial charge in [-0.05, 0) is 47.9 Å². The lowest BCUT2D eigenvalue weighted by Gasteiger charge is -2.38. The molecule has 0 aliphatic carbocycles. The maximum Gasteiger partial charge on any atom is 0.408 e. The molecule has 9 rings (SSSR count). The smallest absolute Gasteiger partial charge is 0.408 e. The average Bonchev–Trinajstić information content (AvgIpc) is 4.07. The van der Waals surface area contributed by atoms with Crippen LogP contribution in [0.15, 0.2) is 106 Å². The van der Waals surface area contributed by atoms with Crippen LogP contribution in [-0.2, 0) is 38.2 Å². The molecule has 0 saturated carbocycles. The number of nitrogens with one attached hydrogen (secondary N) is 2. The lowest BCUT2D eigenvalue weighted by atomic mass is 9.80. The molecule has 0 bridgehead atoms. The zero-order valence-electron chi connectivity index (χ0n) is 36.9. The molecule has 3 aliphatic heterocycles. The summed E-state index contributed by atoms with van der Waals surface area (Å²) in [6, 6.07) is 24.6. The Morgan fingerprint density at radius 2 is 1.45 bits per heavy atom. The molecular weight excluding hydrogens is 892 g/mol. The first-order valence-electron chi connectivity index (χ1n) is 21.7. The second-order valence-corrected chi connectivity index (χ2v) is 18.3. The molecule has 3 saturated heterocycles. The molecular formula is C45H51N8O13P. The predicted molar refractivity (Wildman–Crippen MR) is 241 cm³/mol. The molecule has 22 heteroatoms. The number of morpholine rings is 1. The van der Waals surface area contributed by atoms with E-state index in [1.807, 2.05) is 78.9 Å². The first kappa shape index (κ1) is 46.1. The fourth-order valence-corrected chi connectivity index (χ4v) is 10.6. The van der Waals surface area contributed by atoms with Gasteiger partial charge in [0.2, 0.25) is 5.95 Å². The highest BCUT2D eigenvalue weighted by Gasteiger charge is 2.48. The lowest BCUT2D eigenvalue weighted by molar-refractivity contribution is -0.0951. The number of imidazole rings is 1. The molecule has 21 nitrogen and oxygen atoms in total. The van der Waals surface area contributed by atoms with Crippen molar-refractivity contribution < 1.29 is 47.1 Å². The number of nitrogens with two attached hydrogens (primary N) is 1. The molecule has 3 aromatic heterocycles. The van der Waals surface area contributed by atoms with Crippen LogP contribution in [0.2, 0.25) is 0 Å². The number of aromatic nitrogens is 6. The van der Waals surface area contributed by atoms with E-state index >= 15 is 4.57 Å². The largest absolute Gasteiger partial charge is 0.497 e. The molecule has 7 atom stereocenters. The number of hydrogen-bond donors (Lipinski definition) is 4. The van der Waals surface area contributed by atoms with E-state index in [2.05, 4.69) is 19.9 Å². The van der Waals surface area contributed by atoms with Gasteiger partial charge in [-0.15, -0.1) is 0 Å². The first-order chi connectivity index (χ1) is 32.4. The summed E-state index contributed by atoms with van der Waals surface area (Å²) in [6.07, 6.45) is -3.16. The van der Waals surface area contributed by atoms with Gasteiger partial charge in [-0.25, -0.2) is 19.0 Å². The Morgan fingerprint density at radius 3 is 2.10 bits per heavy atom. The number of aliphatic hydroxyl groups is 1. The zero-order valence-corrected chi connectivity index (χ0v) is 37.8. The van der Waals surface area contributed by atoms with Gasteiger partial charge < -0.3 is 39.3 Å². The summed E-state index contributed by atoms with van der Waals surface area (Å²) >= 11 is 0. The minimum Gasteiger partial charge on any atom is -0.497 e. The lowest BCUT2D eigenvalue weighted by Crippen LogP contribution is -2.40. The third kappa shape index (κ3) is 9.21. The number of ether oxygens (including phenoxy) is 6. The Morgan fingerprint density at radius 1 is 0.821 bits per heavy atom. The highest BCUT2D eigenvalue weighted by Crippen LogP contribution is 2.56. The second-order valence-electron chi connectivity index (χ2n) is 16.3. The van der Waals surface area contributed by atoms with E-state index in [1.165, 1.54) is 21.7 Å². The van der Waals surface area contributed by atoms with Gasteiger partial charge in [-0.2, -0.15) is 4.98 Å². The molecule has 3 aliphatic rings. The second kappa shape index (κ2) is 19.3. The molecule has 5 N–H and O–H groups in total. The number of nitrogen functional groups attached to an aromatic ring is 1. The van der Waals surface area contributed by atoms with Crippen molar-refractivity contribution in [3.05, 3.63) is 145 Å². The van der Waals surface area contributed by atoms with Gasteiger partial charge in [-0.1, -0.05) is 54.6 Å². The van der Waals surface area contributed by atoms with Crippen molar-refractivity contribution in [1.82, 2.24) is 33.7 Å². The van der Waals surface area contributed by atoms with E-state index in [1.54, 1.807) is 25.8 Å². The molecule has 1 unspecified atom stereocenters. The number of aromatic amines is 2. The minimum atomic E-state index is -4.34. The highest BCUT2D eigenvalue weighted by atomic mass is 31.2. The van der Waals surface area contributed by atoms with Crippen molar-refractivity contribution >= 4 is 24.9 Å². The summed E-state index contributed by atoms with van der Waals surface area (Å²) in [5.74, 6) is 1.16. The van der Waals surface area contributed by atoms with Gasteiger partial charge in [0.15, 0.2) is 11.2 Å². The van der Waals surface area contributed by atoms with Crippen molar-refractivity contribution in [2.24, 2.45) is 0 Å². The molecule has 67 heavy (non-hydrogen) atoms. The number of fused-ring (bicyclic) bond motifs is 1. The van der Waals surface area contributed by atoms with E-state index in [0.717, 1.165) is 16.7 Å². The van der Waals surface area contributed by atoms with Crippen LogP contribution in [0.1, 0.15) is 47.6 Å². The van der Waals surface area contributed by atoms with Crippen LogP contribution in [0.3, 0.4) is 0 Å². The van der Waals surface area contributed by atoms with Gasteiger partial charge in [0.1, 0.15) is 47.9 Å². The van der Waals surface area contributed by atoms with E-state index in [-0.39, 0.29) is 75.0 Å². The van der Waals surface area contributed by atoms with Crippen LogP contribution >= 0.6 is 7.75 Å². The summed E-state index contributed by atoms with van der Waals surface area (Å²) in [5, 5.41) is 11.3. The molecule has 0 spiro atoms. The van der Waals surface area contributed by atoms with Crippen molar-refractivity contribution in [3.63, 3.8) is 0 Å². The number of nitrogens with zero attached hydrogens (tertiary/aromatic N) is 5. The Hall–Kier alpha value is -6.00. The maximum atomic E-state index is 15.5. The van der Waals surface area contributed by atoms with Gasteiger partial charge in [-0.3, -0.25) is 37.7 Å². The molecule has 3 aromatic carbocycles. The zero-order chi connectivity index (χ0) is 46.9. The molecule has 6 aromatic rings. The highest BCUT2D eigenvalue weighted by molar-refractivity contribution is 7.51. The van der Waals surface area contributed by atoms with Crippen LogP contribution in [-0.4, -0.2) is 117 Å². The number of anilines is 1. The van der Waals surface area contributed by atoms with E-state index in [9.17, 15) is 19.5 Å². The van der Waals surface area contributed by atoms with Gasteiger partial charge in [0, 0.05) is 37.7 Å². The van der Waals surface area contributed by atoms with Crippen molar-refractivity contribution in [3.8, 4) is 11.5 Å². The maximum absolute atomic E-state index is 15.5. The Balaban J connectivity index is 1.05. The number of rotatable bonds is 16. The van der Waals surface area contributed by atoms with Crippen LogP contribution in [0.5, 0.6) is 11.5 Å². The Bertz CT molecular complexity index is 2860. The quantitative estimate of drug-likeness (QED) is 0.0801. The predicted octanol–water partition coefficient (Wildman–Crippen LogP) is 3.36. The standard InChI is InChI=1S/C45H51N8O13P/c1-27-23-52(44(57)50-41(27)55)38-22-34(36(65-38)24-62-45(28-7-5-4-6-8-28,29-9-13-31(59-2)14-10-29)30-11-15-32(60-3)16-12-30)66-67(58,51-17-19-61-20-18-51)63-25-35-33(54)21-37(64-35)53-26-47-39-40(53)48-43(46)49-42(39)56/h4-16,23,26,33-38,54H,17-22,24-25H2,1-3H3,(H,50,55,57)(H3,46,48,49,56)/t33-,34-,35+,36+,37+,38+,67?/m0/s1. The average molecular weight is 943 g/mol. The van der Waals surface area contributed by atoms with Crippen molar-refractivity contribution in [1.29, 1.82) is 0 Å². The fraction of sp³-hybridized carbons (Fsp3) is 0.400. The number of benzene rings is 3. The van der Waals surface area contributed by atoms with Crippen LogP contribution in [0.4, 0.5) is 5.95 Å². The third-order valence-electron chi connectivity index (χ3n) is 12.2. The van der Waals surface area contributed by atoms with E-state index in [4.69, 9.17) is 43.2 Å². The Kier molecular flexibility index (Phi) is 13.3. The van der Waals surface area contributed by atoms with E-state index in [0.29, 0.717) is 11.5 Å². The molecule has 6 heterocycles.